The summed E-state index contributed by atoms with van der Waals surface area (Å²) in [6.07, 6.45) is 16.0. The molecule has 0 aromatic heterocycles. The maximum atomic E-state index is 13.6. The highest BCUT2D eigenvalue weighted by atomic mass is 16.5. The number of aliphatic carboxylic acids is 3. The zero-order valence-corrected chi connectivity index (χ0v) is 74.8. The fraction of sp³-hybridized carbons (Fsp3) is 0.703. The summed E-state index contributed by atoms with van der Waals surface area (Å²) in [7, 11) is 0. The number of nitrogens with one attached hydrogen (secondary N) is 5. The minimum absolute atomic E-state index is 0.0235. The SMILES string of the molecule is CC(C)(N)C(=O)C[C@@H](CCCCNCCC(=O)COCCOCCCC(=O)COCCOCCNC(=O)[C@H](CCC(=O)O)CC(=O)CCCCCCCCCOc1ccc(C(=O)O)cc1)C(=O)C[C@@H](CCCCNC(=O)COCCOCCNC(=O)COCCOCCCC(=O)[C@H](CCC(=O)O)NC(=O)CCCCCCCCCOc1ccc(C(=O)O)cc1)C(=O)O. The number of carboxylic acid groups (broad SMARTS) is 5. The first kappa shape index (κ1) is 114. The standard InChI is InChI=1S/C91H144N6O30/c1-91(2,92)81(103)63-70(23-15-17-42-93-44-41-75(100)65-123-57-53-118-47-21-26-74(99)64-122-58-55-121-52-46-96-87(111)71(33-39-85(107)108)61-73(98)25-13-9-5-3-7-11-19-49-126-76-34-29-68(30-35-76)88(112)113)80(102)62-72(90(116)117)24-16-18-43-94-83(105)66-125-60-56-120-51-45-95-84(106)67-124-59-54-119-48-22-27-79(101)78(38-40-86(109)110)97-82(104)28-14-10-6-4-8-12-20-50-127-77-36-31-69(32-37-77)89(114)115/h29-32,34-37,70-72,78,93H,3-28,33,38-67,92H2,1-2H3,(H,94,105)(H,95,106)(H,96,111)(H,97,104)(H,107,108)(H,109,110)(H,112,113)(H,114,115)(H,116,117)/t70-,71-,72-,78+/m1/s1. The molecule has 2 aromatic carbocycles. The fourth-order valence-corrected chi connectivity index (χ4v) is 12.9. The molecule has 718 valence electrons. The van der Waals surface area contributed by atoms with E-state index in [0.717, 1.165) is 77.0 Å². The van der Waals surface area contributed by atoms with Crippen molar-refractivity contribution in [2.75, 3.05) is 152 Å². The zero-order valence-electron chi connectivity index (χ0n) is 74.8. The van der Waals surface area contributed by atoms with Crippen LogP contribution < -0.4 is 41.8 Å². The number of carbonyl (C=O) groups is 15. The van der Waals surface area contributed by atoms with Gasteiger partial charge in [0.1, 0.15) is 49.5 Å². The van der Waals surface area contributed by atoms with Crippen LogP contribution in [-0.4, -0.2) is 277 Å². The lowest BCUT2D eigenvalue weighted by molar-refractivity contribution is -0.145. The first-order valence-corrected chi connectivity index (χ1v) is 45.0. The molecule has 0 aliphatic carbocycles. The number of hydrogen-bond acceptors (Lipinski definition) is 27. The van der Waals surface area contributed by atoms with Gasteiger partial charge >= 0.3 is 29.8 Å². The van der Waals surface area contributed by atoms with Crippen LogP contribution in [0, 0.1) is 17.8 Å². The van der Waals surface area contributed by atoms with E-state index in [1.807, 2.05) is 0 Å². The molecular weight excluding hydrogens is 1660 g/mol. The van der Waals surface area contributed by atoms with Gasteiger partial charge in [-0.1, -0.05) is 77.0 Å². The normalized spacial score (nSPS) is 12.3. The maximum absolute atomic E-state index is 13.6. The maximum Gasteiger partial charge on any atom is 0.335 e. The summed E-state index contributed by atoms with van der Waals surface area (Å²) >= 11 is 0. The number of amides is 4. The second-order valence-corrected chi connectivity index (χ2v) is 31.9. The topological polar surface area (TPSA) is 536 Å². The molecule has 4 amide bonds. The van der Waals surface area contributed by atoms with Gasteiger partial charge in [-0.3, -0.25) is 62.3 Å². The third-order valence-electron chi connectivity index (χ3n) is 20.3. The van der Waals surface area contributed by atoms with Crippen LogP contribution in [0.25, 0.3) is 0 Å². The first-order valence-electron chi connectivity index (χ1n) is 45.0. The number of carbonyl (C=O) groups excluding carboxylic acids is 10. The number of hydrogen-bond donors (Lipinski definition) is 11. The number of ketones is 6. The van der Waals surface area contributed by atoms with Crippen molar-refractivity contribution in [1.29, 1.82) is 0 Å². The van der Waals surface area contributed by atoms with Gasteiger partial charge in [0.15, 0.2) is 23.1 Å². The Morgan fingerprint density at radius 1 is 0.331 bits per heavy atom. The van der Waals surface area contributed by atoms with Crippen LogP contribution in [-0.2, 0) is 100 Å². The number of Topliss-reactive ketones (excluding diaryl/α,β-unsaturated/α-hetero) is 6. The Kier molecular flexibility index (Phi) is 66.2. The van der Waals surface area contributed by atoms with Gasteiger partial charge in [0.05, 0.1) is 108 Å². The second kappa shape index (κ2) is 73.8. The average Bonchev–Trinajstić information content (AvgIpc) is 0.881. The molecule has 0 fully saturated rings. The van der Waals surface area contributed by atoms with Crippen molar-refractivity contribution < 1.29 is 145 Å². The van der Waals surface area contributed by atoms with E-state index >= 15 is 0 Å². The highest BCUT2D eigenvalue weighted by Crippen LogP contribution is 2.25. The van der Waals surface area contributed by atoms with Gasteiger partial charge < -0.3 is 105 Å². The van der Waals surface area contributed by atoms with Crippen LogP contribution in [0.3, 0.4) is 0 Å². The van der Waals surface area contributed by atoms with Crippen LogP contribution in [0.1, 0.15) is 253 Å². The highest BCUT2D eigenvalue weighted by Gasteiger charge is 2.32. The van der Waals surface area contributed by atoms with Crippen molar-refractivity contribution in [2.24, 2.45) is 23.5 Å². The predicted octanol–water partition coefficient (Wildman–Crippen LogP) is 8.61. The highest BCUT2D eigenvalue weighted by molar-refractivity contribution is 5.94. The molecule has 0 aliphatic heterocycles. The molecule has 0 radical (unpaired) electrons. The Bertz CT molecular complexity index is 3480. The number of carboxylic acids is 5. The van der Waals surface area contributed by atoms with Crippen LogP contribution in [0.2, 0.25) is 0 Å². The number of unbranched alkanes of at least 4 members (excludes halogenated alkanes) is 14. The summed E-state index contributed by atoms with van der Waals surface area (Å²) < 4.78 is 55.0. The molecule has 2 aromatic rings. The van der Waals surface area contributed by atoms with E-state index in [1.165, 1.54) is 24.3 Å². The Balaban J connectivity index is 1.46. The summed E-state index contributed by atoms with van der Waals surface area (Å²) in [4.78, 5) is 184. The van der Waals surface area contributed by atoms with Crippen LogP contribution in [0.15, 0.2) is 48.5 Å². The Labute approximate surface area is 746 Å². The molecule has 0 heterocycles. The monoisotopic (exact) mass is 1800 g/mol. The molecular formula is C91H144N6O30. The Morgan fingerprint density at radius 3 is 1.26 bits per heavy atom. The Hall–Kier alpha value is -9.11. The van der Waals surface area contributed by atoms with Crippen molar-refractivity contribution in [3.05, 3.63) is 59.7 Å². The molecule has 127 heavy (non-hydrogen) atoms. The molecule has 12 N–H and O–H groups in total. The van der Waals surface area contributed by atoms with Crippen LogP contribution in [0.4, 0.5) is 0 Å². The molecule has 0 aliphatic rings. The molecule has 2 rings (SSSR count). The van der Waals surface area contributed by atoms with Gasteiger partial charge in [0.25, 0.3) is 0 Å². The molecule has 0 saturated heterocycles. The number of benzene rings is 2. The van der Waals surface area contributed by atoms with E-state index in [4.69, 9.17) is 63.3 Å². The molecule has 4 atom stereocenters. The lowest BCUT2D eigenvalue weighted by atomic mass is 9.83. The van der Waals surface area contributed by atoms with E-state index in [9.17, 15) is 87.2 Å². The number of aromatic carboxylic acids is 2. The molecule has 36 heteroatoms. The van der Waals surface area contributed by atoms with E-state index in [0.29, 0.717) is 109 Å². The van der Waals surface area contributed by atoms with E-state index in [2.05, 4.69) is 26.6 Å². The summed E-state index contributed by atoms with van der Waals surface area (Å²) in [6, 6.07) is 11.6. The van der Waals surface area contributed by atoms with Gasteiger partial charge in [0, 0.05) is 115 Å². The summed E-state index contributed by atoms with van der Waals surface area (Å²) in [5, 5.41) is 60.5. The zero-order chi connectivity index (χ0) is 93.3. The lowest BCUT2D eigenvalue weighted by Crippen LogP contribution is -2.43. The van der Waals surface area contributed by atoms with Gasteiger partial charge in [-0.05, 0) is 146 Å². The van der Waals surface area contributed by atoms with Gasteiger partial charge in [-0.15, -0.1) is 0 Å². The summed E-state index contributed by atoms with van der Waals surface area (Å²) in [5.41, 5.74) is 5.28. The van der Waals surface area contributed by atoms with Crippen molar-refractivity contribution in [1.82, 2.24) is 26.6 Å². The van der Waals surface area contributed by atoms with E-state index in [1.54, 1.807) is 38.1 Å². The van der Waals surface area contributed by atoms with Crippen molar-refractivity contribution in [2.45, 2.75) is 244 Å². The number of rotatable bonds is 89. The third kappa shape index (κ3) is 64.3. The molecule has 0 unspecified atom stereocenters. The van der Waals surface area contributed by atoms with Gasteiger partial charge in [-0.2, -0.15) is 0 Å². The fourth-order valence-electron chi connectivity index (χ4n) is 12.9. The second-order valence-electron chi connectivity index (χ2n) is 31.9. The number of nitrogens with two attached hydrogens (primary N) is 1. The van der Waals surface area contributed by atoms with Crippen molar-refractivity contribution >= 4 is 88.2 Å². The minimum atomic E-state index is -1.20. The minimum Gasteiger partial charge on any atom is -0.494 e. The summed E-state index contributed by atoms with van der Waals surface area (Å²) in [5.74, 6) is -9.31. The van der Waals surface area contributed by atoms with Gasteiger partial charge in [-0.25, -0.2) is 9.59 Å². The van der Waals surface area contributed by atoms with E-state index in [-0.39, 0.29) is 253 Å². The van der Waals surface area contributed by atoms with Crippen molar-refractivity contribution in [3.63, 3.8) is 0 Å². The average molecular weight is 1800 g/mol. The molecule has 0 spiro atoms. The molecule has 36 nitrogen and oxygen atoms in total. The lowest BCUT2D eigenvalue weighted by Gasteiger charge is -2.22. The third-order valence-corrected chi connectivity index (χ3v) is 20.3. The largest absolute Gasteiger partial charge is 0.494 e. The van der Waals surface area contributed by atoms with Crippen LogP contribution in [0.5, 0.6) is 11.5 Å². The number of ether oxygens (including phenoxy) is 10. The predicted molar refractivity (Wildman–Crippen MR) is 467 cm³/mol. The molecule has 0 bridgehead atoms. The summed E-state index contributed by atoms with van der Waals surface area (Å²) in [6.45, 7) is 6.96. The Morgan fingerprint density at radius 2 is 0.756 bits per heavy atom. The van der Waals surface area contributed by atoms with Crippen LogP contribution >= 0.6 is 0 Å². The van der Waals surface area contributed by atoms with Gasteiger partial charge in [0.2, 0.25) is 23.6 Å². The smallest absolute Gasteiger partial charge is 0.335 e. The van der Waals surface area contributed by atoms with E-state index < -0.39 is 71.0 Å². The quantitative estimate of drug-likeness (QED) is 0.0276. The first-order chi connectivity index (χ1) is 61.0. The van der Waals surface area contributed by atoms with Crippen molar-refractivity contribution in [3.8, 4) is 11.5 Å². The molecule has 0 saturated carbocycles.